The molecule has 1 aliphatic rings. The number of hydrogen-bond acceptors (Lipinski definition) is 1. The third-order valence-electron chi connectivity index (χ3n) is 2.02. The Labute approximate surface area is 62.2 Å². The maximum absolute atomic E-state index is 11.5. The van der Waals surface area contributed by atoms with Crippen molar-refractivity contribution in [3.05, 3.63) is 0 Å². The fraction of sp³-hybridized carbons (Fsp3) is 1.00. The van der Waals surface area contributed by atoms with Gasteiger partial charge in [-0.15, -0.1) is 0 Å². The first-order valence-electron chi connectivity index (χ1n) is 4.11. The van der Waals surface area contributed by atoms with Crippen molar-refractivity contribution in [2.45, 2.75) is 44.8 Å². The predicted molar refractivity (Wildman–Crippen MR) is 38.1 cm³/mol. The lowest BCUT2D eigenvalue weighted by Crippen LogP contribution is -2.32. The summed E-state index contributed by atoms with van der Waals surface area (Å²) < 4.78 is 5.11. The zero-order valence-electron chi connectivity index (χ0n) is 6.56. The smallest absolute Gasteiger partial charge is 0.201 e. The molecule has 0 N–H and O–H groups in total. The molecule has 0 bridgehead atoms. The molecule has 0 unspecified atom stereocenters. The molecule has 2 heteroatoms. The second-order valence-electron chi connectivity index (χ2n) is 2.90. The molecule has 1 fully saturated rings. The first kappa shape index (κ1) is 8.02. The Bertz CT molecular complexity index is 89.9. The number of hydrogen-bond donors (Lipinski definition) is 0. The SMILES string of the molecule is CCOC1([O])CCCCC1. The highest BCUT2D eigenvalue weighted by Crippen LogP contribution is 2.29. The van der Waals surface area contributed by atoms with Gasteiger partial charge in [-0.1, -0.05) is 6.42 Å². The van der Waals surface area contributed by atoms with Crippen molar-refractivity contribution in [1.29, 1.82) is 0 Å². The van der Waals surface area contributed by atoms with Crippen LogP contribution in [0.3, 0.4) is 0 Å². The Morgan fingerprint density at radius 1 is 1.30 bits per heavy atom. The van der Waals surface area contributed by atoms with Crippen LogP contribution >= 0.6 is 0 Å². The van der Waals surface area contributed by atoms with Gasteiger partial charge in [-0.3, -0.25) is 0 Å². The number of rotatable bonds is 2. The molecule has 0 spiro atoms. The number of ether oxygens (including phenoxy) is 1. The molecule has 1 rings (SSSR count). The van der Waals surface area contributed by atoms with Crippen LogP contribution in [-0.4, -0.2) is 12.4 Å². The average Bonchev–Trinajstić information content (AvgIpc) is 1.89. The topological polar surface area (TPSA) is 29.1 Å². The van der Waals surface area contributed by atoms with Crippen molar-refractivity contribution in [3.8, 4) is 0 Å². The van der Waals surface area contributed by atoms with Crippen molar-refractivity contribution >= 4 is 0 Å². The van der Waals surface area contributed by atoms with E-state index in [1.165, 1.54) is 6.42 Å². The Hall–Kier alpha value is -0.0800. The van der Waals surface area contributed by atoms with Crippen LogP contribution in [0.2, 0.25) is 0 Å². The summed E-state index contributed by atoms with van der Waals surface area (Å²) in [7, 11) is 0. The van der Waals surface area contributed by atoms with Crippen LogP contribution in [-0.2, 0) is 9.84 Å². The standard InChI is InChI=1S/C8H15O2/c1-2-10-8(9)6-4-3-5-7-8/h2-7H2,1H3. The van der Waals surface area contributed by atoms with E-state index in [9.17, 15) is 5.11 Å². The summed E-state index contributed by atoms with van der Waals surface area (Å²) in [6, 6.07) is 0. The zero-order valence-corrected chi connectivity index (χ0v) is 6.56. The van der Waals surface area contributed by atoms with Gasteiger partial charge in [0, 0.05) is 19.4 Å². The van der Waals surface area contributed by atoms with Gasteiger partial charge in [-0.2, -0.15) is 5.11 Å². The van der Waals surface area contributed by atoms with Crippen molar-refractivity contribution in [3.63, 3.8) is 0 Å². The highest BCUT2D eigenvalue weighted by Gasteiger charge is 2.31. The van der Waals surface area contributed by atoms with Crippen molar-refractivity contribution in [2.24, 2.45) is 0 Å². The Morgan fingerprint density at radius 3 is 2.40 bits per heavy atom. The molecule has 0 aromatic heterocycles. The van der Waals surface area contributed by atoms with Gasteiger partial charge < -0.3 is 4.74 Å². The molecule has 10 heavy (non-hydrogen) atoms. The molecule has 59 valence electrons. The van der Waals surface area contributed by atoms with Gasteiger partial charge >= 0.3 is 0 Å². The molecule has 0 saturated heterocycles. The van der Waals surface area contributed by atoms with Crippen molar-refractivity contribution in [1.82, 2.24) is 0 Å². The van der Waals surface area contributed by atoms with E-state index in [0.29, 0.717) is 19.4 Å². The lowest BCUT2D eigenvalue weighted by Gasteiger charge is -2.28. The Morgan fingerprint density at radius 2 is 1.90 bits per heavy atom. The highest BCUT2D eigenvalue weighted by molar-refractivity contribution is 4.71. The third kappa shape index (κ3) is 1.96. The van der Waals surface area contributed by atoms with Gasteiger partial charge in [0.2, 0.25) is 5.79 Å². The molecule has 0 atom stereocenters. The molecule has 0 amide bonds. The zero-order chi connectivity index (χ0) is 7.45. The van der Waals surface area contributed by atoms with E-state index in [2.05, 4.69) is 0 Å². The maximum atomic E-state index is 11.5. The highest BCUT2D eigenvalue weighted by atomic mass is 16.6. The van der Waals surface area contributed by atoms with Crippen molar-refractivity contribution in [2.75, 3.05) is 6.61 Å². The van der Waals surface area contributed by atoms with Crippen molar-refractivity contribution < 1.29 is 9.84 Å². The van der Waals surface area contributed by atoms with E-state index in [-0.39, 0.29) is 0 Å². The van der Waals surface area contributed by atoms with Crippen LogP contribution < -0.4 is 0 Å². The van der Waals surface area contributed by atoms with Gasteiger partial charge in [-0.25, -0.2) is 0 Å². The molecule has 2 nitrogen and oxygen atoms in total. The summed E-state index contributed by atoms with van der Waals surface area (Å²) in [6.07, 6.45) is 4.71. The molecule has 1 radical (unpaired) electrons. The minimum atomic E-state index is -1.02. The Balaban J connectivity index is 2.32. The molecule has 0 aliphatic heterocycles. The van der Waals surface area contributed by atoms with Gasteiger partial charge in [-0.05, 0) is 19.8 Å². The van der Waals surface area contributed by atoms with E-state index in [1.54, 1.807) is 0 Å². The van der Waals surface area contributed by atoms with Crippen LogP contribution in [0.25, 0.3) is 0 Å². The van der Waals surface area contributed by atoms with Gasteiger partial charge in [0.1, 0.15) is 0 Å². The van der Waals surface area contributed by atoms with E-state index < -0.39 is 5.79 Å². The lowest BCUT2D eigenvalue weighted by atomic mass is 9.94. The summed E-state index contributed by atoms with van der Waals surface area (Å²) in [6.45, 7) is 2.44. The summed E-state index contributed by atoms with van der Waals surface area (Å²) in [5.41, 5.74) is 0. The van der Waals surface area contributed by atoms with E-state index >= 15 is 0 Å². The second kappa shape index (κ2) is 3.35. The first-order valence-corrected chi connectivity index (χ1v) is 4.11. The van der Waals surface area contributed by atoms with Crippen LogP contribution in [0, 0.1) is 0 Å². The summed E-state index contributed by atoms with van der Waals surface area (Å²) in [4.78, 5) is 0. The van der Waals surface area contributed by atoms with Crippen LogP contribution in [0.1, 0.15) is 39.0 Å². The molecule has 0 aromatic rings. The van der Waals surface area contributed by atoms with Crippen LogP contribution in [0.5, 0.6) is 0 Å². The monoisotopic (exact) mass is 143 g/mol. The molecule has 0 aromatic carbocycles. The fourth-order valence-electron chi connectivity index (χ4n) is 1.50. The molecular formula is C8H15O2. The minimum Gasteiger partial charge on any atom is -0.348 e. The normalized spacial score (nSPS) is 24.6. The second-order valence-corrected chi connectivity index (χ2v) is 2.90. The predicted octanol–water partition coefficient (Wildman–Crippen LogP) is 2.11. The summed E-state index contributed by atoms with van der Waals surface area (Å²) >= 11 is 0. The van der Waals surface area contributed by atoms with E-state index in [1.807, 2.05) is 6.92 Å². The van der Waals surface area contributed by atoms with Crippen LogP contribution in [0.4, 0.5) is 0 Å². The lowest BCUT2D eigenvalue weighted by molar-refractivity contribution is -0.253. The minimum absolute atomic E-state index is 0.559. The van der Waals surface area contributed by atoms with E-state index in [4.69, 9.17) is 4.74 Å². The van der Waals surface area contributed by atoms with Gasteiger partial charge in [0.25, 0.3) is 0 Å². The molecular weight excluding hydrogens is 128 g/mol. The van der Waals surface area contributed by atoms with Gasteiger partial charge in [0.15, 0.2) is 0 Å². The van der Waals surface area contributed by atoms with E-state index in [0.717, 1.165) is 12.8 Å². The average molecular weight is 143 g/mol. The maximum Gasteiger partial charge on any atom is 0.201 e. The largest absolute Gasteiger partial charge is 0.348 e. The van der Waals surface area contributed by atoms with Crippen LogP contribution in [0.15, 0.2) is 0 Å². The quantitative estimate of drug-likeness (QED) is 0.544. The summed E-state index contributed by atoms with van der Waals surface area (Å²) in [5, 5.41) is 11.5. The molecule has 0 heterocycles. The molecule has 1 aliphatic carbocycles. The third-order valence-corrected chi connectivity index (χ3v) is 2.02. The fourth-order valence-corrected chi connectivity index (χ4v) is 1.50. The van der Waals surface area contributed by atoms with Gasteiger partial charge in [0.05, 0.1) is 0 Å². The molecule has 1 saturated carbocycles. The first-order chi connectivity index (χ1) is 4.77. The Kier molecular flexibility index (Phi) is 2.69. The summed E-state index contributed by atoms with van der Waals surface area (Å²) in [5.74, 6) is -1.02.